The molecule has 0 saturated heterocycles. The molecule has 0 spiro atoms. The zero-order valence-electron chi connectivity index (χ0n) is 15.3. The lowest BCUT2D eigenvalue weighted by molar-refractivity contribution is 0.352. The molecule has 0 amide bonds. The smallest absolute Gasteiger partial charge is 0.119 e. The van der Waals surface area contributed by atoms with E-state index in [0.29, 0.717) is 13.2 Å². The fourth-order valence-corrected chi connectivity index (χ4v) is 2.22. The number of ether oxygens (including phenoxy) is 2. The van der Waals surface area contributed by atoms with Gasteiger partial charge in [-0.25, -0.2) is 0 Å². The maximum absolute atomic E-state index is 5.63. The second-order valence-electron chi connectivity index (χ2n) is 6.41. The average molecular weight is 334 g/mol. The van der Waals surface area contributed by atoms with Crippen molar-refractivity contribution in [2.75, 3.05) is 13.2 Å². The monoisotopic (exact) mass is 334 g/mol. The Bertz CT molecular complexity index is 750. The molecule has 0 unspecified atom stereocenters. The van der Waals surface area contributed by atoms with Crippen LogP contribution in [0.1, 0.15) is 31.9 Å². The Kier molecular flexibility index (Phi) is 6.64. The molecule has 2 rings (SSSR count). The van der Waals surface area contributed by atoms with Gasteiger partial charge in [-0.05, 0) is 72.9 Å². The summed E-state index contributed by atoms with van der Waals surface area (Å²) in [5.41, 5.74) is 5.53. The van der Waals surface area contributed by atoms with Gasteiger partial charge in [-0.1, -0.05) is 43.5 Å². The summed E-state index contributed by atoms with van der Waals surface area (Å²) in [5, 5.41) is 0. The molecule has 25 heavy (non-hydrogen) atoms. The van der Waals surface area contributed by atoms with E-state index in [1.54, 1.807) is 0 Å². The van der Waals surface area contributed by atoms with E-state index in [1.807, 2.05) is 38.1 Å². The Hall–Kier alpha value is -2.74. The molecule has 2 aromatic rings. The van der Waals surface area contributed by atoms with Gasteiger partial charge in [-0.2, -0.15) is 0 Å². The molecule has 0 aliphatic heterocycles. The van der Waals surface area contributed by atoms with Crippen LogP contribution < -0.4 is 9.47 Å². The Morgan fingerprint density at radius 3 is 1.64 bits per heavy atom. The zero-order valence-corrected chi connectivity index (χ0v) is 15.3. The molecule has 0 atom stereocenters. The van der Waals surface area contributed by atoms with Crippen LogP contribution in [0.15, 0.2) is 72.8 Å². The fourth-order valence-electron chi connectivity index (χ4n) is 2.22. The van der Waals surface area contributed by atoms with Crippen LogP contribution in [0.2, 0.25) is 0 Å². The highest BCUT2D eigenvalue weighted by Gasteiger charge is 2.00. The SMILES string of the molecule is C=C(C)COc1ccc(C=C(C)c2ccc(OCC(=C)C)cc2)cc1. The normalized spacial score (nSPS) is 11.1. The van der Waals surface area contributed by atoms with Gasteiger partial charge in [0, 0.05) is 0 Å². The molecule has 0 heterocycles. The molecular weight excluding hydrogens is 308 g/mol. The van der Waals surface area contributed by atoms with Gasteiger partial charge in [0.15, 0.2) is 0 Å². The van der Waals surface area contributed by atoms with Gasteiger partial charge in [0.25, 0.3) is 0 Å². The summed E-state index contributed by atoms with van der Waals surface area (Å²) >= 11 is 0. The fraction of sp³-hybridized carbons (Fsp3) is 0.217. The molecule has 0 saturated carbocycles. The van der Waals surface area contributed by atoms with Gasteiger partial charge in [0.1, 0.15) is 24.7 Å². The summed E-state index contributed by atoms with van der Waals surface area (Å²) in [6.45, 7) is 14.8. The molecule has 2 heteroatoms. The van der Waals surface area contributed by atoms with Gasteiger partial charge in [-0.3, -0.25) is 0 Å². The molecule has 0 radical (unpaired) electrons. The number of benzene rings is 2. The van der Waals surface area contributed by atoms with Gasteiger partial charge < -0.3 is 9.47 Å². The molecule has 0 aliphatic carbocycles. The minimum atomic E-state index is 0.550. The highest BCUT2D eigenvalue weighted by molar-refractivity contribution is 5.80. The van der Waals surface area contributed by atoms with Crippen molar-refractivity contribution in [3.63, 3.8) is 0 Å². The highest BCUT2D eigenvalue weighted by atomic mass is 16.5. The molecule has 0 bridgehead atoms. The van der Waals surface area contributed by atoms with Crippen molar-refractivity contribution in [3.05, 3.63) is 84.0 Å². The van der Waals surface area contributed by atoms with E-state index < -0.39 is 0 Å². The Morgan fingerprint density at radius 1 is 0.760 bits per heavy atom. The van der Waals surface area contributed by atoms with E-state index in [2.05, 4.69) is 50.4 Å². The molecule has 0 aromatic heterocycles. The summed E-state index contributed by atoms with van der Waals surface area (Å²) in [4.78, 5) is 0. The lowest BCUT2D eigenvalue weighted by atomic mass is 10.0. The first-order valence-electron chi connectivity index (χ1n) is 8.37. The van der Waals surface area contributed by atoms with E-state index >= 15 is 0 Å². The van der Waals surface area contributed by atoms with Gasteiger partial charge in [-0.15, -0.1) is 0 Å². The third-order valence-corrected chi connectivity index (χ3v) is 3.54. The van der Waals surface area contributed by atoms with Crippen LogP contribution in [0.3, 0.4) is 0 Å². The van der Waals surface area contributed by atoms with Crippen LogP contribution in [0.5, 0.6) is 11.5 Å². The van der Waals surface area contributed by atoms with Crippen molar-refractivity contribution in [1.29, 1.82) is 0 Å². The molecule has 130 valence electrons. The van der Waals surface area contributed by atoms with Crippen LogP contribution in [0.4, 0.5) is 0 Å². The zero-order chi connectivity index (χ0) is 18.2. The van der Waals surface area contributed by atoms with E-state index in [9.17, 15) is 0 Å². The topological polar surface area (TPSA) is 18.5 Å². The summed E-state index contributed by atoms with van der Waals surface area (Å²) in [6.07, 6.45) is 2.16. The molecule has 0 aliphatic rings. The van der Waals surface area contributed by atoms with Crippen LogP contribution in [-0.2, 0) is 0 Å². The number of rotatable bonds is 8. The van der Waals surface area contributed by atoms with Gasteiger partial charge in [0.05, 0.1) is 0 Å². The van der Waals surface area contributed by atoms with Crippen molar-refractivity contribution in [3.8, 4) is 11.5 Å². The minimum absolute atomic E-state index is 0.550. The van der Waals surface area contributed by atoms with E-state index in [-0.39, 0.29) is 0 Å². The van der Waals surface area contributed by atoms with Crippen molar-refractivity contribution in [2.24, 2.45) is 0 Å². The molecule has 0 fully saturated rings. The maximum atomic E-state index is 5.63. The number of hydrogen-bond donors (Lipinski definition) is 0. The van der Waals surface area contributed by atoms with Crippen molar-refractivity contribution < 1.29 is 9.47 Å². The summed E-state index contributed by atoms with van der Waals surface area (Å²) < 4.78 is 11.3. The van der Waals surface area contributed by atoms with E-state index in [0.717, 1.165) is 28.2 Å². The third-order valence-electron chi connectivity index (χ3n) is 3.54. The van der Waals surface area contributed by atoms with Crippen LogP contribution in [0.25, 0.3) is 11.6 Å². The lowest BCUT2D eigenvalue weighted by Gasteiger charge is -2.08. The predicted molar refractivity (Wildman–Crippen MR) is 107 cm³/mol. The number of allylic oxidation sites excluding steroid dienone is 1. The van der Waals surface area contributed by atoms with Crippen LogP contribution >= 0.6 is 0 Å². The predicted octanol–water partition coefficient (Wildman–Crippen LogP) is 6.16. The first-order valence-corrected chi connectivity index (χ1v) is 8.37. The van der Waals surface area contributed by atoms with Gasteiger partial charge in [0.2, 0.25) is 0 Å². The van der Waals surface area contributed by atoms with Crippen molar-refractivity contribution in [2.45, 2.75) is 20.8 Å². The largest absolute Gasteiger partial charge is 0.489 e. The molecule has 0 N–H and O–H groups in total. The second kappa shape index (κ2) is 8.93. The Balaban J connectivity index is 2.02. The van der Waals surface area contributed by atoms with E-state index in [4.69, 9.17) is 9.47 Å². The molecule has 2 nitrogen and oxygen atoms in total. The number of hydrogen-bond acceptors (Lipinski definition) is 2. The van der Waals surface area contributed by atoms with E-state index in [1.165, 1.54) is 11.1 Å². The average Bonchev–Trinajstić information content (AvgIpc) is 2.59. The molecular formula is C23H26O2. The maximum Gasteiger partial charge on any atom is 0.119 e. The Morgan fingerprint density at radius 2 is 1.20 bits per heavy atom. The summed E-state index contributed by atoms with van der Waals surface area (Å²) in [5.74, 6) is 1.72. The highest BCUT2D eigenvalue weighted by Crippen LogP contribution is 2.22. The minimum Gasteiger partial charge on any atom is -0.489 e. The van der Waals surface area contributed by atoms with Crippen LogP contribution in [0, 0.1) is 0 Å². The van der Waals surface area contributed by atoms with Crippen molar-refractivity contribution in [1.82, 2.24) is 0 Å². The van der Waals surface area contributed by atoms with Crippen LogP contribution in [-0.4, -0.2) is 13.2 Å². The third kappa shape index (κ3) is 6.34. The first-order chi connectivity index (χ1) is 11.9. The summed E-state index contributed by atoms with van der Waals surface area (Å²) in [6, 6.07) is 16.2. The van der Waals surface area contributed by atoms with Crippen molar-refractivity contribution >= 4 is 11.6 Å². The first kappa shape index (κ1) is 18.6. The second-order valence-corrected chi connectivity index (χ2v) is 6.41. The standard InChI is InChI=1S/C23H26O2/c1-17(2)15-24-22-10-6-20(7-11-22)14-19(5)21-8-12-23(13-9-21)25-16-18(3)4/h6-14H,1,3,15-16H2,2,4-5H3. The quantitative estimate of drug-likeness (QED) is 0.425. The summed E-state index contributed by atoms with van der Waals surface area (Å²) in [7, 11) is 0. The molecule has 2 aromatic carbocycles. The van der Waals surface area contributed by atoms with Gasteiger partial charge >= 0.3 is 0 Å². The lowest BCUT2D eigenvalue weighted by Crippen LogP contribution is -1.97. The Labute approximate surface area is 151 Å².